The lowest BCUT2D eigenvalue weighted by Gasteiger charge is -2.04. The van der Waals surface area contributed by atoms with E-state index in [4.69, 9.17) is 4.74 Å². The second kappa shape index (κ2) is 4.45. The number of carbonyl (C=O) groups is 1. The Hall–Kier alpha value is -1.69. The molecule has 2 aromatic rings. The van der Waals surface area contributed by atoms with Crippen LogP contribution >= 0.6 is 11.3 Å². The fourth-order valence-electron chi connectivity index (χ4n) is 2.08. The van der Waals surface area contributed by atoms with Crippen LogP contribution in [0.2, 0.25) is 0 Å². The van der Waals surface area contributed by atoms with Gasteiger partial charge < -0.3 is 4.74 Å². The molecule has 0 amide bonds. The summed E-state index contributed by atoms with van der Waals surface area (Å²) in [7, 11) is 0. The minimum absolute atomic E-state index is 0.0359. The number of hydrogen-bond donors (Lipinski definition) is 0. The van der Waals surface area contributed by atoms with Crippen molar-refractivity contribution >= 4 is 22.3 Å². The van der Waals surface area contributed by atoms with Crippen LogP contribution in [0.1, 0.15) is 24.7 Å². The Morgan fingerprint density at radius 3 is 3.05 bits per heavy atom. The van der Waals surface area contributed by atoms with Crippen molar-refractivity contribution in [2.75, 3.05) is 0 Å². The van der Waals surface area contributed by atoms with Gasteiger partial charge in [-0.15, -0.1) is 11.3 Å². The van der Waals surface area contributed by atoms with Crippen LogP contribution in [0.15, 0.2) is 16.2 Å². The number of ether oxygens (including phenoxy) is 1. The van der Waals surface area contributed by atoms with Crippen molar-refractivity contribution in [2.45, 2.75) is 26.9 Å². The van der Waals surface area contributed by atoms with Gasteiger partial charge in [-0.3, -0.25) is 14.0 Å². The summed E-state index contributed by atoms with van der Waals surface area (Å²) in [5.74, 6) is 0.277. The molecule has 1 fully saturated rings. The SMILES string of the molecule is Cc1csc2nc(COC(=O)[C@H]3C[C@@H]3C)cc(=O)n12. The summed E-state index contributed by atoms with van der Waals surface area (Å²) in [5.41, 5.74) is 1.25. The molecule has 0 bridgehead atoms. The Labute approximate surface area is 113 Å². The second-order valence-electron chi connectivity index (χ2n) is 5.01. The maximum atomic E-state index is 11.9. The Kier molecular flexibility index (Phi) is 2.89. The summed E-state index contributed by atoms with van der Waals surface area (Å²) in [6, 6.07) is 1.43. The van der Waals surface area contributed by atoms with Gasteiger partial charge in [-0.05, 0) is 19.3 Å². The zero-order valence-corrected chi connectivity index (χ0v) is 11.6. The van der Waals surface area contributed by atoms with Crippen LogP contribution in [0.25, 0.3) is 4.96 Å². The van der Waals surface area contributed by atoms with Gasteiger partial charge in [-0.1, -0.05) is 6.92 Å². The van der Waals surface area contributed by atoms with Crippen LogP contribution in [0, 0.1) is 18.8 Å². The molecule has 1 aliphatic carbocycles. The van der Waals surface area contributed by atoms with E-state index in [1.54, 1.807) is 4.40 Å². The van der Waals surface area contributed by atoms with Crippen LogP contribution in [0.5, 0.6) is 0 Å². The minimum atomic E-state index is -0.183. The molecule has 0 N–H and O–H groups in total. The van der Waals surface area contributed by atoms with Gasteiger partial charge in [0.05, 0.1) is 11.6 Å². The van der Waals surface area contributed by atoms with E-state index in [0.29, 0.717) is 16.6 Å². The predicted octanol–water partition coefficient (Wildman–Crippen LogP) is 1.76. The summed E-state index contributed by atoms with van der Waals surface area (Å²) in [5, 5.41) is 1.88. The van der Waals surface area contributed by atoms with E-state index in [2.05, 4.69) is 4.98 Å². The van der Waals surface area contributed by atoms with Crippen molar-refractivity contribution in [3.63, 3.8) is 0 Å². The Morgan fingerprint density at radius 1 is 1.63 bits per heavy atom. The van der Waals surface area contributed by atoms with Gasteiger partial charge in [0, 0.05) is 17.1 Å². The average molecular weight is 278 g/mol. The van der Waals surface area contributed by atoms with Crippen LogP contribution < -0.4 is 5.56 Å². The number of rotatable bonds is 3. The zero-order chi connectivity index (χ0) is 13.6. The van der Waals surface area contributed by atoms with E-state index in [1.165, 1.54) is 17.4 Å². The molecule has 6 heteroatoms. The first-order valence-electron chi connectivity index (χ1n) is 6.19. The molecule has 5 nitrogen and oxygen atoms in total. The van der Waals surface area contributed by atoms with Crippen molar-refractivity contribution in [3.05, 3.63) is 33.2 Å². The number of fused-ring (bicyclic) bond motifs is 1. The molecule has 0 spiro atoms. The molecule has 100 valence electrons. The first-order chi connectivity index (χ1) is 9.06. The fourth-order valence-corrected chi connectivity index (χ4v) is 2.97. The molecule has 2 heterocycles. The van der Waals surface area contributed by atoms with E-state index in [0.717, 1.165) is 12.1 Å². The monoisotopic (exact) mass is 278 g/mol. The van der Waals surface area contributed by atoms with E-state index in [9.17, 15) is 9.59 Å². The normalized spacial score (nSPS) is 21.6. The van der Waals surface area contributed by atoms with Crippen molar-refractivity contribution < 1.29 is 9.53 Å². The third-order valence-electron chi connectivity index (χ3n) is 3.40. The molecule has 2 aromatic heterocycles. The predicted molar refractivity (Wildman–Crippen MR) is 71.1 cm³/mol. The summed E-state index contributed by atoms with van der Waals surface area (Å²) in [4.78, 5) is 28.5. The standard InChI is InChI=1S/C13H14N2O3S/c1-7-3-10(7)12(17)18-5-9-4-11(16)15-8(2)6-19-13(15)14-9/h4,6-7,10H,3,5H2,1-2H3/t7-,10-/m0/s1. The summed E-state index contributed by atoms with van der Waals surface area (Å²) in [6.07, 6.45) is 0.901. The smallest absolute Gasteiger partial charge is 0.309 e. The van der Waals surface area contributed by atoms with Crippen LogP contribution in [0.3, 0.4) is 0 Å². The molecule has 0 radical (unpaired) electrons. The molecule has 0 unspecified atom stereocenters. The maximum Gasteiger partial charge on any atom is 0.309 e. The van der Waals surface area contributed by atoms with E-state index in [1.807, 2.05) is 19.2 Å². The molecule has 0 aliphatic heterocycles. The molecule has 2 atom stereocenters. The molecule has 19 heavy (non-hydrogen) atoms. The average Bonchev–Trinajstić information content (AvgIpc) is 2.98. The Balaban J connectivity index is 1.78. The van der Waals surface area contributed by atoms with E-state index < -0.39 is 0 Å². The summed E-state index contributed by atoms with van der Waals surface area (Å²) < 4.78 is 6.74. The highest BCUT2D eigenvalue weighted by atomic mass is 32.1. The van der Waals surface area contributed by atoms with Crippen molar-refractivity contribution in [2.24, 2.45) is 11.8 Å². The first kappa shape index (κ1) is 12.3. The molecular weight excluding hydrogens is 264 g/mol. The van der Waals surface area contributed by atoms with Crippen LogP contribution in [-0.4, -0.2) is 15.4 Å². The number of hydrogen-bond acceptors (Lipinski definition) is 5. The van der Waals surface area contributed by atoms with Gasteiger partial charge in [0.25, 0.3) is 5.56 Å². The van der Waals surface area contributed by atoms with Gasteiger partial charge in [-0.2, -0.15) is 0 Å². The van der Waals surface area contributed by atoms with Gasteiger partial charge in [0.1, 0.15) is 6.61 Å². The highest BCUT2D eigenvalue weighted by molar-refractivity contribution is 7.15. The third kappa shape index (κ3) is 2.28. The maximum absolute atomic E-state index is 11.9. The molecule has 3 rings (SSSR count). The lowest BCUT2D eigenvalue weighted by Crippen LogP contribution is -2.16. The Bertz CT molecular complexity index is 703. The third-order valence-corrected chi connectivity index (χ3v) is 4.35. The molecular formula is C13H14N2O3S. The van der Waals surface area contributed by atoms with Gasteiger partial charge in [0.15, 0.2) is 4.96 Å². The highest BCUT2D eigenvalue weighted by Gasteiger charge is 2.40. The minimum Gasteiger partial charge on any atom is -0.459 e. The van der Waals surface area contributed by atoms with Crippen molar-refractivity contribution in [1.29, 1.82) is 0 Å². The number of aromatic nitrogens is 2. The number of esters is 1. The molecule has 0 saturated heterocycles. The quantitative estimate of drug-likeness (QED) is 0.803. The van der Waals surface area contributed by atoms with Crippen molar-refractivity contribution in [1.82, 2.24) is 9.38 Å². The van der Waals surface area contributed by atoms with Gasteiger partial charge >= 0.3 is 5.97 Å². The van der Waals surface area contributed by atoms with E-state index in [-0.39, 0.29) is 24.1 Å². The van der Waals surface area contributed by atoms with Gasteiger partial charge in [-0.25, -0.2) is 4.98 Å². The van der Waals surface area contributed by atoms with Crippen LogP contribution in [0.4, 0.5) is 0 Å². The number of thiazole rings is 1. The van der Waals surface area contributed by atoms with E-state index >= 15 is 0 Å². The summed E-state index contributed by atoms with van der Waals surface area (Å²) >= 11 is 1.41. The molecule has 1 saturated carbocycles. The summed E-state index contributed by atoms with van der Waals surface area (Å²) in [6.45, 7) is 3.96. The molecule has 1 aliphatic rings. The number of carbonyl (C=O) groups excluding carboxylic acids is 1. The van der Waals surface area contributed by atoms with Crippen molar-refractivity contribution in [3.8, 4) is 0 Å². The van der Waals surface area contributed by atoms with Gasteiger partial charge in [0.2, 0.25) is 0 Å². The fraction of sp³-hybridized carbons (Fsp3) is 0.462. The number of aryl methyl sites for hydroxylation is 1. The largest absolute Gasteiger partial charge is 0.459 e. The topological polar surface area (TPSA) is 60.7 Å². The lowest BCUT2D eigenvalue weighted by molar-refractivity contribution is -0.147. The zero-order valence-electron chi connectivity index (χ0n) is 10.8. The first-order valence-corrected chi connectivity index (χ1v) is 7.07. The second-order valence-corrected chi connectivity index (χ2v) is 5.84. The Morgan fingerprint density at radius 2 is 2.37 bits per heavy atom. The van der Waals surface area contributed by atoms with Crippen LogP contribution in [-0.2, 0) is 16.1 Å². The highest BCUT2D eigenvalue weighted by Crippen LogP contribution is 2.38. The lowest BCUT2D eigenvalue weighted by atomic mass is 10.3. The molecule has 0 aromatic carbocycles. The number of nitrogens with zero attached hydrogens (tertiary/aromatic N) is 2.